The molecule has 12 heteroatoms. The standard InChI is InChI=1S/C28H34N4O8/c1-15(23(34)31-22(26(37)38)14-19-18-7-5-6-8-20(18)30-24(19)35)29-25(36)21(32-27(39)40-28(2,3)4)13-16-9-11-17(33)12-10-16/h5-12,15,19,21-22,33H,13-14H2,1-4H3,(H,29,36)(H,30,35)(H,31,34)(H,32,39)(H,37,38)/t15-,19?,21+,22+/m1/s1. The summed E-state index contributed by atoms with van der Waals surface area (Å²) in [5, 5.41) is 29.4. The zero-order valence-electron chi connectivity index (χ0n) is 22.7. The van der Waals surface area contributed by atoms with Gasteiger partial charge in [0.15, 0.2) is 0 Å². The fourth-order valence-corrected chi connectivity index (χ4v) is 4.17. The lowest BCUT2D eigenvalue weighted by Crippen LogP contribution is -2.55. The maximum Gasteiger partial charge on any atom is 0.408 e. The number of nitrogens with one attached hydrogen (secondary N) is 4. The van der Waals surface area contributed by atoms with E-state index in [2.05, 4.69) is 21.3 Å². The van der Waals surface area contributed by atoms with Gasteiger partial charge in [-0.1, -0.05) is 30.3 Å². The predicted molar refractivity (Wildman–Crippen MR) is 145 cm³/mol. The maximum atomic E-state index is 13.1. The van der Waals surface area contributed by atoms with Crippen LogP contribution in [0.5, 0.6) is 5.75 Å². The molecule has 4 amide bonds. The first-order chi connectivity index (χ1) is 18.7. The lowest BCUT2D eigenvalue weighted by molar-refractivity contribution is -0.142. The van der Waals surface area contributed by atoms with E-state index in [1.54, 1.807) is 57.2 Å². The summed E-state index contributed by atoms with van der Waals surface area (Å²) >= 11 is 0. The van der Waals surface area contributed by atoms with Crippen LogP contribution in [0.2, 0.25) is 0 Å². The molecule has 1 heterocycles. The molecule has 40 heavy (non-hydrogen) atoms. The first kappa shape index (κ1) is 29.9. The number of amides is 4. The van der Waals surface area contributed by atoms with Crippen molar-refractivity contribution in [1.82, 2.24) is 16.0 Å². The zero-order valence-corrected chi connectivity index (χ0v) is 22.7. The number of hydrogen-bond donors (Lipinski definition) is 6. The average molecular weight is 555 g/mol. The summed E-state index contributed by atoms with van der Waals surface area (Å²) in [6, 6.07) is 9.20. The number of benzene rings is 2. The van der Waals surface area contributed by atoms with E-state index in [-0.39, 0.29) is 24.5 Å². The number of hydrogen-bond acceptors (Lipinski definition) is 7. The van der Waals surface area contributed by atoms with Crippen LogP contribution in [0.15, 0.2) is 48.5 Å². The average Bonchev–Trinajstić information content (AvgIpc) is 3.17. The number of aromatic hydroxyl groups is 1. The van der Waals surface area contributed by atoms with Crippen molar-refractivity contribution in [3.05, 3.63) is 59.7 Å². The Bertz CT molecular complexity index is 1270. The minimum absolute atomic E-state index is 0.0215. The number of carbonyl (C=O) groups excluding carboxylic acids is 4. The molecule has 0 bridgehead atoms. The molecule has 2 aromatic rings. The Morgan fingerprint density at radius 1 is 0.950 bits per heavy atom. The molecule has 6 N–H and O–H groups in total. The molecule has 2 aromatic carbocycles. The van der Waals surface area contributed by atoms with Crippen LogP contribution in [0.1, 0.15) is 51.2 Å². The van der Waals surface area contributed by atoms with Crippen LogP contribution in [0, 0.1) is 0 Å². The van der Waals surface area contributed by atoms with Gasteiger partial charge in [0.25, 0.3) is 0 Å². The van der Waals surface area contributed by atoms with Crippen LogP contribution in [0.4, 0.5) is 10.5 Å². The number of ether oxygens (including phenoxy) is 1. The number of para-hydroxylation sites is 1. The molecular formula is C28H34N4O8. The smallest absolute Gasteiger partial charge is 0.408 e. The fraction of sp³-hybridized carbons (Fsp3) is 0.393. The summed E-state index contributed by atoms with van der Waals surface area (Å²) < 4.78 is 5.26. The second-order valence-corrected chi connectivity index (χ2v) is 10.6. The lowest BCUT2D eigenvalue weighted by Gasteiger charge is -2.25. The number of alkyl carbamates (subject to hydrolysis) is 1. The van der Waals surface area contributed by atoms with Gasteiger partial charge in [-0.15, -0.1) is 0 Å². The Kier molecular flexibility index (Phi) is 9.35. The second kappa shape index (κ2) is 12.5. The third-order valence-corrected chi connectivity index (χ3v) is 6.13. The lowest BCUT2D eigenvalue weighted by atomic mass is 9.93. The SMILES string of the molecule is C[C@@H](NC(=O)[C@H](Cc1ccc(O)cc1)NC(=O)OC(C)(C)C)C(=O)N[C@@H](CC1C(=O)Nc2ccccc21)C(=O)O. The number of phenolic OH excluding ortho intramolecular Hbond substituents is 1. The van der Waals surface area contributed by atoms with Crippen LogP contribution in [-0.2, 0) is 30.3 Å². The highest BCUT2D eigenvalue weighted by Gasteiger charge is 2.36. The van der Waals surface area contributed by atoms with Gasteiger partial charge in [-0.05, 0) is 63.4 Å². The number of aliphatic carboxylic acids is 1. The van der Waals surface area contributed by atoms with Crippen molar-refractivity contribution in [2.75, 3.05) is 5.32 Å². The van der Waals surface area contributed by atoms with E-state index in [1.807, 2.05) is 0 Å². The van der Waals surface area contributed by atoms with E-state index in [0.29, 0.717) is 16.8 Å². The Balaban J connectivity index is 1.67. The van der Waals surface area contributed by atoms with Gasteiger partial charge in [-0.2, -0.15) is 0 Å². The van der Waals surface area contributed by atoms with Crippen molar-refractivity contribution < 1.29 is 38.9 Å². The predicted octanol–water partition coefficient (Wildman–Crippen LogP) is 2.03. The minimum Gasteiger partial charge on any atom is -0.508 e. The molecule has 12 nitrogen and oxygen atoms in total. The van der Waals surface area contributed by atoms with E-state index in [9.17, 15) is 34.2 Å². The molecule has 0 aliphatic carbocycles. The Morgan fingerprint density at radius 2 is 1.60 bits per heavy atom. The van der Waals surface area contributed by atoms with Gasteiger partial charge in [0, 0.05) is 12.1 Å². The molecule has 0 aromatic heterocycles. The van der Waals surface area contributed by atoms with Crippen LogP contribution in [-0.4, -0.2) is 63.7 Å². The van der Waals surface area contributed by atoms with Gasteiger partial charge in [-0.3, -0.25) is 14.4 Å². The number of carboxylic acid groups (broad SMARTS) is 1. The van der Waals surface area contributed by atoms with Crippen molar-refractivity contribution in [1.29, 1.82) is 0 Å². The monoisotopic (exact) mass is 554 g/mol. The van der Waals surface area contributed by atoms with Crippen molar-refractivity contribution in [3.8, 4) is 5.75 Å². The topological polar surface area (TPSA) is 183 Å². The summed E-state index contributed by atoms with van der Waals surface area (Å²) in [7, 11) is 0. The number of fused-ring (bicyclic) bond motifs is 1. The molecule has 0 saturated carbocycles. The zero-order chi connectivity index (χ0) is 29.6. The molecule has 4 atom stereocenters. The van der Waals surface area contributed by atoms with E-state index in [1.165, 1.54) is 19.1 Å². The van der Waals surface area contributed by atoms with E-state index < -0.39 is 53.5 Å². The van der Waals surface area contributed by atoms with Crippen molar-refractivity contribution in [2.24, 2.45) is 0 Å². The van der Waals surface area contributed by atoms with Crippen molar-refractivity contribution in [2.45, 2.75) is 70.2 Å². The highest BCUT2D eigenvalue weighted by molar-refractivity contribution is 6.03. The molecule has 0 radical (unpaired) electrons. The maximum absolute atomic E-state index is 13.1. The summed E-state index contributed by atoms with van der Waals surface area (Å²) in [5.74, 6) is -3.93. The molecule has 0 saturated heterocycles. The normalized spacial score (nSPS) is 16.5. The van der Waals surface area contributed by atoms with Crippen LogP contribution in [0.25, 0.3) is 0 Å². The third-order valence-electron chi connectivity index (χ3n) is 6.13. The molecule has 0 spiro atoms. The van der Waals surface area contributed by atoms with Gasteiger partial charge < -0.3 is 36.2 Å². The molecule has 3 rings (SSSR count). The van der Waals surface area contributed by atoms with Gasteiger partial charge in [0.2, 0.25) is 17.7 Å². The van der Waals surface area contributed by atoms with Gasteiger partial charge in [-0.25, -0.2) is 9.59 Å². The van der Waals surface area contributed by atoms with Crippen molar-refractivity contribution >= 4 is 35.5 Å². The minimum atomic E-state index is -1.40. The number of phenols is 1. The second-order valence-electron chi connectivity index (χ2n) is 10.6. The summed E-state index contributed by atoms with van der Waals surface area (Å²) in [5.41, 5.74) is 1.02. The first-order valence-corrected chi connectivity index (χ1v) is 12.7. The Morgan fingerprint density at radius 3 is 2.23 bits per heavy atom. The summed E-state index contributed by atoms with van der Waals surface area (Å²) in [6.45, 7) is 6.37. The Labute approximate surface area is 231 Å². The number of anilines is 1. The van der Waals surface area contributed by atoms with Crippen LogP contribution < -0.4 is 21.3 Å². The van der Waals surface area contributed by atoms with Gasteiger partial charge in [0.05, 0.1) is 5.92 Å². The molecule has 1 aliphatic rings. The van der Waals surface area contributed by atoms with E-state index in [0.717, 1.165) is 0 Å². The summed E-state index contributed by atoms with van der Waals surface area (Å²) in [6.07, 6.45) is -1.01. The number of rotatable bonds is 10. The van der Waals surface area contributed by atoms with Gasteiger partial charge in [0.1, 0.15) is 29.5 Å². The largest absolute Gasteiger partial charge is 0.508 e. The highest BCUT2D eigenvalue weighted by atomic mass is 16.6. The number of carboxylic acids is 1. The van der Waals surface area contributed by atoms with Crippen LogP contribution in [0.3, 0.4) is 0 Å². The van der Waals surface area contributed by atoms with E-state index >= 15 is 0 Å². The quantitative estimate of drug-likeness (QED) is 0.258. The van der Waals surface area contributed by atoms with Gasteiger partial charge >= 0.3 is 12.1 Å². The van der Waals surface area contributed by atoms with Crippen molar-refractivity contribution in [3.63, 3.8) is 0 Å². The third kappa shape index (κ3) is 8.19. The van der Waals surface area contributed by atoms with E-state index in [4.69, 9.17) is 4.74 Å². The summed E-state index contributed by atoms with van der Waals surface area (Å²) in [4.78, 5) is 62.8. The molecule has 1 aliphatic heterocycles. The van der Waals surface area contributed by atoms with Crippen LogP contribution >= 0.6 is 0 Å². The Hall–Kier alpha value is -4.61. The molecule has 0 fully saturated rings. The molecule has 214 valence electrons. The molecular weight excluding hydrogens is 520 g/mol. The first-order valence-electron chi connectivity index (χ1n) is 12.7. The molecule has 1 unspecified atom stereocenters. The highest BCUT2D eigenvalue weighted by Crippen LogP contribution is 2.35. The fourth-order valence-electron chi connectivity index (χ4n) is 4.17. The number of carbonyl (C=O) groups is 5.